The molecule has 2 heteroatoms. The first-order chi connectivity index (χ1) is 22.3. The Bertz CT molecular complexity index is 2310. The summed E-state index contributed by atoms with van der Waals surface area (Å²) in [5.41, 5.74) is 13.3. The fourth-order valence-electron chi connectivity index (χ4n) is 7.49. The minimum atomic E-state index is -0.426. The lowest BCUT2D eigenvalue weighted by molar-refractivity contribution is 0.670. The van der Waals surface area contributed by atoms with Crippen LogP contribution < -0.4 is 5.32 Å². The molecule has 1 aliphatic rings. The van der Waals surface area contributed by atoms with Crippen LogP contribution in [0.15, 0.2) is 174 Å². The largest absolute Gasteiger partial charge is 0.455 e. The summed E-state index contributed by atoms with van der Waals surface area (Å²) in [6.07, 6.45) is 0. The number of furan rings is 1. The maximum atomic E-state index is 6.38. The molecule has 0 atom stereocenters. The first kappa shape index (κ1) is 25.6. The van der Waals surface area contributed by atoms with Gasteiger partial charge >= 0.3 is 0 Å². The van der Waals surface area contributed by atoms with Crippen molar-refractivity contribution in [1.82, 2.24) is 0 Å². The molecule has 0 aliphatic heterocycles. The number of para-hydroxylation sites is 2. The molecule has 45 heavy (non-hydrogen) atoms. The summed E-state index contributed by atoms with van der Waals surface area (Å²) in [6.45, 7) is 0. The van der Waals surface area contributed by atoms with Crippen LogP contribution in [0.1, 0.15) is 22.3 Å². The van der Waals surface area contributed by atoms with E-state index in [1.165, 1.54) is 33.4 Å². The third-order valence-corrected chi connectivity index (χ3v) is 9.34. The first-order valence-corrected chi connectivity index (χ1v) is 15.4. The van der Waals surface area contributed by atoms with Crippen LogP contribution in [0.5, 0.6) is 0 Å². The number of nitrogens with one attached hydrogen (secondary N) is 1. The Morgan fingerprint density at radius 3 is 1.91 bits per heavy atom. The molecule has 0 spiro atoms. The number of anilines is 2. The zero-order chi connectivity index (χ0) is 29.8. The number of rotatable bonds is 5. The van der Waals surface area contributed by atoms with Gasteiger partial charge in [-0.25, -0.2) is 0 Å². The predicted octanol–water partition coefficient (Wildman–Crippen LogP) is 11.4. The molecule has 1 N–H and O–H groups in total. The van der Waals surface area contributed by atoms with Gasteiger partial charge in [0.1, 0.15) is 11.2 Å². The second kappa shape index (κ2) is 10.1. The molecule has 0 saturated carbocycles. The summed E-state index contributed by atoms with van der Waals surface area (Å²) in [6, 6.07) is 60.7. The van der Waals surface area contributed by atoms with Crippen LogP contribution in [0.25, 0.3) is 44.2 Å². The molecule has 8 aromatic rings. The van der Waals surface area contributed by atoms with E-state index in [4.69, 9.17) is 4.42 Å². The molecule has 7 aromatic carbocycles. The number of benzene rings is 7. The van der Waals surface area contributed by atoms with Crippen molar-refractivity contribution in [3.05, 3.63) is 192 Å². The summed E-state index contributed by atoms with van der Waals surface area (Å²) >= 11 is 0. The van der Waals surface area contributed by atoms with Gasteiger partial charge in [0.05, 0.1) is 5.41 Å². The molecule has 0 saturated heterocycles. The second-order valence-corrected chi connectivity index (χ2v) is 11.7. The molecule has 0 radical (unpaired) electrons. The first-order valence-electron chi connectivity index (χ1n) is 15.4. The van der Waals surface area contributed by atoms with Crippen molar-refractivity contribution in [3.8, 4) is 22.3 Å². The maximum absolute atomic E-state index is 6.38. The molecule has 2 nitrogen and oxygen atoms in total. The third kappa shape index (κ3) is 3.82. The van der Waals surface area contributed by atoms with Crippen LogP contribution in [-0.4, -0.2) is 0 Å². The van der Waals surface area contributed by atoms with Crippen LogP contribution in [-0.2, 0) is 5.41 Å². The molecule has 0 bridgehead atoms. The quantitative estimate of drug-likeness (QED) is 0.221. The highest BCUT2D eigenvalue weighted by atomic mass is 16.3. The van der Waals surface area contributed by atoms with Gasteiger partial charge in [0.2, 0.25) is 0 Å². The van der Waals surface area contributed by atoms with Gasteiger partial charge in [-0.1, -0.05) is 146 Å². The summed E-state index contributed by atoms with van der Waals surface area (Å²) in [7, 11) is 0. The standard InChI is InChI=1S/C43H29NO/c1-3-15-30(16-4-1)43(31-17-5-2-6-18-31)37-24-9-7-21-36(37)41-38(43)25-13-26-39(41)44-32-19-11-14-29(28-32)33-22-12-23-35-34-20-8-10-27-40(34)45-42(33)35/h1-28,44H. The van der Waals surface area contributed by atoms with Gasteiger partial charge in [-0.2, -0.15) is 0 Å². The highest BCUT2D eigenvalue weighted by Crippen LogP contribution is 2.58. The summed E-state index contributed by atoms with van der Waals surface area (Å²) in [5, 5.41) is 6.12. The monoisotopic (exact) mass is 575 g/mol. The van der Waals surface area contributed by atoms with E-state index in [2.05, 4.69) is 163 Å². The number of hydrogen-bond donors (Lipinski definition) is 1. The molecule has 1 heterocycles. The molecular formula is C43H29NO. The fourth-order valence-corrected chi connectivity index (χ4v) is 7.49. The minimum Gasteiger partial charge on any atom is -0.455 e. The second-order valence-electron chi connectivity index (χ2n) is 11.7. The summed E-state index contributed by atoms with van der Waals surface area (Å²) < 4.78 is 6.38. The summed E-state index contributed by atoms with van der Waals surface area (Å²) in [4.78, 5) is 0. The Morgan fingerprint density at radius 2 is 1.09 bits per heavy atom. The van der Waals surface area contributed by atoms with E-state index in [0.29, 0.717) is 0 Å². The highest BCUT2D eigenvalue weighted by Gasteiger charge is 2.46. The van der Waals surface area contributed by atoms with Crippen molar-refractivity contribution in [1.29, 1.82) is 0 Å². The average Bonchev–Trinajstić information content (AvgIpc) is 3.64. The van der Waals surface area contributed by atoms with Crippen molar-refractivity contribution in [2.45, 2.75) is 5.41 Å². The van der Waals surface area contributed by atoms with Gasteiger partial charge < -0.3 is 9.73 Å². The predicted molar refractivity (Wildman–Crippen MR) is 186 cm³/mol. The lowest BCUT2D eigenvalue weighted by Gasteiger charge is -2.33. The maximum Gasteiger partial charge on any atom is 0.143 e. The van der Waals surface area contributed by atoms with E-state index in [9.17, 15) is 0 Å². The van der Waals surface area contributed by atoms with Gasteiger partial charge in [-0.05, 0) is 57.6 Å². The van der Waals surface area contributed by atoms with E-state index < -0.39 is 5.41 Å². The van der Waals surface area contributed by atoms with Gasteiger partial charge in [0, 0.05) is 33.3 Å². The van der Waals surface area contributed by atoms with Gasteiger partial charge in [-0.3, -0.25) is 0 Å². The Labute approximate surface area is 262 Å². The lowest BCUT2D eigenvalue weighted by atomic mass is 9.68. The zero-order valence-electron chi connectivity index (χ0n) is 24.6. The molecule has 0 unspecified atom stereocenters. The van der Waals surface area contributed by atoms with Crippen molar-refractivity contribution in [2.75, 3.05) is 5.32 Å². The van der Waals surface area contributed by atoms with Crippen molar-refractivity contribution < 1.29 is 4.42 Å². The van der Waals surface area contributed by atoms with E-state index in [-0.39, 0.29) is 0 Å². The number of hydrogen-bond acceptors (Lipinski definition) is 2. The van der Waals surface area contributed by atoms with E-state index >= 15 is 0 Å². The van der Waals surface area contributed by atoms with Crippen LogP contribution in [0, 0.1) is 0 Å². The minimum absolute atomic E-state index is 0.426. The third-order valence-electron chi connectivity index (χ3n) is 9.34. The fraction of sp³-hybridized carbons (Fsp3) is 0.0233. The number of fused-ring (bicyclic) bond motifs is 6. The smallest absolute Gasteiger partial charge is 0.143 e. The van der Waals surface area contributed by atoms with Crippen molar-refractivity contribution >= 4 is 33.3 Å². The molecule has 1 aromatic heterocycles. The van der Waals surface area contributed by atoms with Crippen LogP contribution >= 0.6 is 0 Å². The molecule has 212 valence electrons. The normalized spacial score (nSPS) is 13.1. The van der Waals surface area contributed by atoms with Gasteiger partial charge in [0.25, 0.3) is 0 Å². The SMILES string of the molecule is c1ccc(C2(c3ccccc3)c3ccccc3-c3c(Nc4cccc(-c5cccc6c5oc5ccccc56)c4)cccc32)cc1. The van der Waals surface area contributed by atoms with Gasteiger partial charge in [0.15, 0.2) is 0 Å². The van der Waals surface area contributed by atoms with Crippen molar-refractivity contribution in [3.63, 3.8) is 0 Å². The van der Waals surface area contributed by atoms with E-state index in [0.717, 1.165) is 44.4 Å². The topological polar surface area (TPSA) is 25.2 Å². The van der Waals surface area contributed by atoms with E-state index in [1.54, 1.807) is 0 Å². The molecule has 9 rings (SSSR count). The Hall–Kier alpha value is -5.86. The van der Waals surface area contributed by atoms with Crippen LogP contribution in [0.4, 0.5) is 11.4 Å². The molecule has 0 fully saturated rings. The van der Waals surface area contributed by atoms with Crippen molar-refractivity contribution in [2.24, 2.45) is 0 Å². The molecular weight excluding hydrogens is 546 g/mol. The van der Waals surface area contributed by atoms with E-state index in [1.807, 2.05) is 12.1 Å². The highest BCUT2D eigenvalue weighted by molar-refractivity contribution is 6.09. The molecule has 1 aliphatic carbocycles. The Balaban J connectivity index is 1.21. The lowest BCUT2D eigenvalue weighted by Crippen LogP contribution is -2.28. The Morgan fingerprint density at radius 1 is 0.467 bits per heavy atom. The van der Waals surface area contributed by atoms with Crippen LogP contribution in [0.2, 0.25) is 0 Å². The van der Waals surface area contributed by atoms with Crippen LogP contribution in [0.3, 0.4) is 0 Å². The zero-order valence-corrected chi connectivity index (χ0v) is 24.6. The Kier molecular flexibility index (Phi) is 5.76. The molecule has 0 amide bonds. The summed E-state index contributed by atoms with van der Waals surface area (Å²) in [5.74, 6) is 0. The van der Waals surface area contributed by atoms with Gasteiger partial charge in [-0.15, -0.1) is 0 Å². The average molecular weight is 576 g/mol.